The highest BCUT2D eigenvalue weighted by Crippen LogP contribution is 2.48. The number of methoxy groups -OCH3 is 1. The van der Waals surface area contributed by atoms with E-state index in [2.05, 4.69) is 9.88 Å². The van der Waals surface area contributed by atoms with E-state index in [0.29, 0.717) is 27.3 Å². The van der Waals surface area contributed by atoms with E-state index in [9.17, 15) is 8.42 Å². The number of halogens is 1. The molecule has 0 atom stereocenters. The maximum Gasteiger partial charge on any atom is 0.269 e. The number of fused-ring (bicyclic) bond motifs is 1. The van der Waals surface area contributed by atoms with Crippen LogP contribution in [0.5, 0.6) is 0 Å². The molecule has 216 valence electrons. The van der Waals surface area contributed by atoms with E-state index >= 15 is 0 Å². The van der Waals surface area contributed by atoms with E-state index in [1.165, 1.54) is 34.3 Å². The Bertz CT molecular complexity index is 1690. The molecule has 1 saturated carbocycles. The molecule has 0 spiro atoms. The lowest BCUT2D eigenvalue weighted by atomic mass is 9.80. The van der Waals surface area contributed by atoms with E-state index < -0.39 is 15.6 Å². The van der Waals surface area contributed by atoms with Crippen LogP contribution in [0.2, 0.25) is 5.02 Å². The number of hydrogen-bond acceptors (Lipinski definition) is 8. The highest BCUT2D eigenvalue weighted by Gasteiger charge is 2.43. The third-order valence-electron chi connectivity index (χ3n) is 7.93. The topological polar surface area (TPSA) is 86.6 Å². The first kappa shape index (κ1) is 28.5. The number of nitrogens with zero attached hydrogens (tertiary/aromatic N) is 4. The SMILES string of the molecule is COCOC1(c2ncc(-c3c(Cl)cnc4c3cc(C=CCN3CCCC3)n4S(=O)(=O)c3ccc(C)cc3)s2)CCC1. The predicted octanol–water partition coefficient (Wildman–Crippen LogP) is 6.47. The highest BCUT2D eigenvalue weighted by atomic mass is 35.5. The van der Waals surface area contributed by atoms with Crippen molar-refractivity contribution in [2.45, 2.75) is 49.5 Å². The van der Waals surface area contributed by atoms with Gasteiger partial charge in [0.2, 0.25) is 0 Å². The number of thiazole rings is 1. The van der Waals surface area contributed by atoms with Gasteiger partial charge in [0.15, 0.2) is 5.65 Å². The maximum absolute atomic E-state index is 14.1. The van der Waals surface area contributed by atoms with E-state index in [1.807, 2.05) is 25.1 Å². The Kier molecular flexibility index (Phi) is 8.06. The molecule has 0 radical (unpaired) electrons. The molecule has 3 aromatic heterocycles. The monoisotopic (exact) mass is 612 g/mol. The molecule has 1 aromatic carbocycles. The molecule has 2 fully saturated rings. The summed E-state index contributed by atoms with van der Waals surface area (Å²) in [5.41, 5.74) is 2.10. The zero-order valence-corrected chi connectivity index (χ0v) is 25.6. The fourth-order valence-corrected chi connectivity index (χ4v) is 8.49. The van der Waals surface area contributed by atoms with Crippen LogP contribution in [0.15, 0.2) is 53.7 Å². The molecule has 41 heavy (non-hydrogen) atoms. The van der Waals surface area contributed by atoms with Crippen molar-refractivity contribution in [3.05, 3.63) is 70.1 Å². The normalized spacial score (nSPS) is 17.5. The smallest absolute Gasteiger partial charge is 0.269 e. The van der Waals surface area contributed by atoms with Crippen LogP contribution in [0.1, 0.15) is 48.4 Å². The van der Waals surface area contributed by atoms with Gasteiger partial charge < -0.3 is 9.47 Å². The van der Waals surface area contributed by atoms with Gasteiger partial charge in [0.05, 0.1) is 20.5 Å². The van der Waals surface area contributed by atoms with Gasteiger partial charge in [-0.3, -0.25) is 4.90 Å². The van der Waals surface area contributed by atoms with Gasteiger partial charge in [0, 0.05) is 37.0 Å². The summed E-state index contributed by atoms with van der Waals surface area (Å²) < 4.78 is 40.7. The molecule has 11 heteroatoms. The highest BCUT2D eigenvalue weighted by molar-refractivity contribution is 7.90. The lowest BCUT2D eigenvalue weighted by Gasteiger charge is -2.39. The molecule has 0 bridgehead atoms. The van der Waals surface area contributed by atoms with Crippen LogP contribution < -0.4 is 0 Å². The molecule has 1 aliphatic heterocycles. The predicted molar refractivity (Wildman–Crippen MR) is 163 cm³/mol. The number of hydrogen-bond donors (Lipinski definition) is 0. The molecule has 2 aliphatic rings. The molecule has 0 N–H and O–H groups in total. The summed E-state index contributed by atoms with van der Waals surface area (Å²) in [6, 6.07) is 8.75. The first-order chi connectivity index (χ1) is 19.8. The molecule has 4 heterocycles. The van der Waals surface area contributed by atoms with Gasteiger partial charge in [-0.1, -0.05) is 35.4 Å². The van der Waals surface area contributed by atoms with Gasteiger partial charge in [-0.25, -0.2) is 22.4 Å². The second-order valence-electron chi connectivity index (χ2n) is 10.7. The average molecular weight is 613 g/mol. The van der Waals surface area contributed by atoms with E-state index in [0.717, 1.165) is 54.3 Å². The molecular formula is C30H33ClN4O4S2. The first-order valence-electron chi connectivity index (χ1n) is 13.8. The van der Waals surface area contributed by atoms with Gasteiger partial charge in [0.25, 0.3) is 10.0 Å². The van der Waals surface area contributed by atoms with Gasteiger partial charge >= 0.3 is 0 Å². The van der Waals surface area contributed by atoms with Gasteiger partial charge in [-0.2, -0.15) is 0 Å². The fourth-order valence-electron chi connectivity index (χ4n) is 5.53. The number of pyridine rings is 1. The van der Waals surface area contributed by atoms with E-state index in [-0.39, 0.29) is 11.7 Å². The Balaban J connectivity index is 1.48. The second-order valence-corrected chi connectivity index (χ2v) is 13.9. The average Bonchev–Trinajstić information content (AvgIpc) is 3.69. The summed E-state index contributed by atoms with van der Waals surface area (Å²) in [4.78, 5) is 12.7. The minimum absolute atomic E-state index is 0.196. The Morgan fingerprint density at radius 2 is 1.85 bits per heavy atom. The lowest BCUT2D eigenvalue weighted by molar-refractivity contribution is -0.171. The maximum atomic E-state index is 14.1. The van der Waals surface area contributed by atoms with Crippen molar-refractivity contribution in [3.63, 3.8) is 0 Å². The Morgan fingerprint density at radius 3 is 2.54 bits per heavy atom. The minimum atomic E-state index is -3.95. The van der Waals surface area contributed by atoms with Crippen LogP contribution in [0.3, 0.4) is 0 Å². The molecule has 4 aromatic rings. The lowest BCUT2D eigenvalue weighted by Crippen LogP contribution is -2.37. The largest absolute Gasteiger partial charge is 0.359 e. The van der Waals surface area contributed by atoms with Crippen LogP contribution in [-0.2, 0) is 25.1 Å². The summed E-state index contributed by atoms with van der Waals surface area (Å²) in [6.45, 7) is 5.00. The van der Waals surface area contributed by atoms with Crippen molar-refractivity contribution >= 4 is 50.1 Å². The minimum Gasteiger partial charge on any atom is -0.359 e. The summed E-state index contributed by atoms with van der Waals surface area (Å²) in [5, 5.41) is 1.96. The molecule has 8 nitrogen and oxygen atoms in total. The molecule has 0 unspecified atom stereocenters. The van der Waals surface area contributed by atoms with Crippen LogP contribution in [0, 0.1) is 6.92 Å². The summed E-state index contributed by atoms with van der Waals surface area (Å²) in [5.74, 6) is 0. The third-order valence-corrected chi connectivity index (χ3v) is 11.2. The van der Waals surface area contributed by atoms with Gasteiger partial charge in [0.1, 0.15) is 17.4 Å². The molecule has 0 amide bonds. The van der Waals surface area contributed by atoms with Crippen LogP contribution in [0.25, 0.3) is 27.6 Å². The quantitative estimate of drug-likeness (QED) is 0.190. The van der Waals surface area contributed by atoms with Crippen LogP contribution >= 0.6 is 22.9 Å². The summed E-state index contributed by atoms with van der Waals surface area (Å²) in [7, 11) is -2.34. The number of likely N-dealkylation sites (tertiary alicyclic amines) is 1. The number of ether oxygens (including phenoxy) is 2. The van der Waals surface area contributed by atoms with Crippen molar-refractivity contribution in [3.8, 4) is 10.4 Å². The molecular weight excluding hydrogens is 580 g/mol. The van der Waals surface area contributed by atoms with Crippen molar-refractivity contribution in [1.29, 1.82) is 0 Å². The number of aryl methyl sites for hydroxylation is 1. The van der Waals surface area contributed by atoms with E-state index in [4.69, 9.17) is 26.1 Å². The number of benzene rings is 1. The third kappa shape index (κ3) is 5.37. The van der Waals surface area contributed by atoms with Crippen molar-refractivity contribution in [2.24, 2.45) is 0 Å². The summed E-state index contributed by atoms with van der Waals surface area (Å²) >= 11 is 8.29. The second kappa shape index (κ2) is 11.6. The number of rotatable bonds is 10. The molecule has 6 rings (SSSR count). The van der Waals surface area contributed by atoms with Crippen LogP contribution in [0.4, 0.5) is 0 Å². The zero-order chi connectivity index (χ0) is 28.6. The van der Waals surface area contributed by atoms with Crippen molar-refractivity contribution in [2.75, 3.05) is 33.5 Å². The Hall–Kier alpha value is -2.60. The van der Waals surface area contributed by atoms with Gasteiger partial charge in [-0.05, 0) is 76.4 Å². The van der Waals surface area contributed by atoms with Crippen molar-refractivity contribution in [1.82, 2.24) is 18.8 Å². The summed E-state index contributed by atoms with van der Waals surface area (Å²) in [6.07, 6.45) is 12.4. The Labute approximate surface area is 249 Å². The fraction of sp³-hybridized carbons (Fsp3) is 0.400. The van der Waals surface area contributed by atoms with Crippen LogP contribution in [-0.4, -0.2) is 60.8 Å². The number of aromatic nitrogens is 3. The zero-order valence-electron chi connectivity index (χ0n) is 23.2. The Morgan fingerprint density at radius 1 is 1.10 bits per heavy atom. The standard InChI is InChI=1S/C30H33ClN4O4S2/c1-21-8-10-23(11-9-21)41(36,37)35-22(7-5-16-34-14-3-4-15-34)17-24-27(25(31)18-32-28(24)35)26-19-33-29(40-26)30(12-6-13-30)39-20-38-2/h5,7-11,17-19H,3-4,6,12-16,20H2,1-2H3. The van der Waals surface area contributed by atoms with Gasteiger partial charge in [-0.15, -0.1) is 11.3 Å². The first-order valence-corrected chi connectivity index (χ1v) is 16.5. The molecule has 1 aliphatic carbocycles. The molecule has 1 saturated heterocycles. The van der Waals surface area contributed by atoms with E-state index in [1.54, 1.807) is 37.6 Å². The van der Waals surface area contributed by atoms with Crippen molar-refractivity contribution < 1.29 is 17.9 Å².